The molecule has 0 amide bonds. The Morgan fingerprint density at radius 3 is 1.52 bits per heavy atom. The third kappa shape index (κ3) is 13.1. The molecule has 2 rings (SSSR count). The van der Waals surface area contributed by atoms with Crippen LogP contribution in [0.2, 0.25) is 13.3 Å². The quantitative estimate of drug-likeness (QED) is 0.0737. The molecule has 240 valence electrons. The van der Waals surface area contributed by atoms with Crippen LogP contribution in [0.15, 0.2) is 42.8 Å². The predicted octanol–water partition coefficient (Wildman–Crippen LogP) is 12.8. The van der Waals surface area contributed by atoms with Gasteiger partial charge in [0.25, 0.3) is 0 Å². The second-order valence-corrected chi connectivity index (χ2v) is 27.4. The van der Waals surface area contributed by atoms with Crippen LogP contribution in [-0.2, 0) is 9.98 Å². The van der Waals surface area contributed by atoms with Crippen LogP contribution >= 0.6 is 0 Å². The monoisotopic (exact) mass is 686 g/mol. The number of rotatable bonds is 27. The molecule has 1 unspecified atom stereocenters. The maximum absolute atomic E-state index is 5.15. The molecule has 1 N–H and O–H groups in total. The van der Waals surface area contributed by atoms with Crippen LogP contribution in [0.1, 0.15) is 174 Å². The molecule has 0 saturated carbocycles. The van der Waals surface area contributed by atoms with E-state index in [9.17, 15) is 0 Å². The second-order valence-electron chi connectivity index (χ2n) is 13.5. The van der Waals surface area contributed by atoms with Gasteiger partial charge in [-0.15, -0.1) is 0 Å². The Labute approximate surface area is 267 Å². The van der Waals surface area contributed by atoms with Gasteiger partial charge < -0.3 is 0 Å². The van der Waals surface area contributed by atoms with Crippen molar-refractivity contribution in [3.05, 3.63) is 54.0 Å². The fourth-order valence-electron chi connectivity index (χ4n) is 7.30. The van der Waals surface area contributed by atoms with Crippen molar-refractivity contribution in [2.24, 2.45) is 0 Å². The van der Waals surface area contributed by atoms with Crippen LogP contribution in [0.25, 0.3) is 0 Å². The van der Waals surface area contributed by atoms with Gasteiger partial charge in [-0.2, -0.15) is 0 Å². The molecule has 1 aromatic heterocycles. The number of allylic oxidation sites excluding steroid dienone is 2. The fourth-order valence-corrected chi connectivity index (χ4v) is 26.0. The summed E-state index contributed by atoms with van der Waals surface area (Å²) in [6.45, 7) is 9.44. The summed E-state index contributed by atoms with van der Waals surface area (Å²) in [5.41, 5.74) is 2.83. The summed E-state index contributed by atoms with van der Waals surface area (Å²) in [6, 6.07) is 4.81. The molecule has 0 radical (unpaired) electrons. The van der Waals surface area contributed by atoms with Crippen molar-refractivity contribution in [3.8, 4) is 0 Å². The van der Waals surface area contributed by atoms with Crippen molar-refractivity contribution in [2.75, 3.05) is 0 Å². The van der Waals surface area contributed by atoms with E-state index in [2.05, 4.69) is 75.8 Å². The molecule has 3 heteroatoms. The van der Waals surface area contributed by atoms with Crippen LogP contribution < -0.4 is 5.32 Å². The van der Waals surface area contributed by atoms with E-state index in [0.29, 0.717) is 0 Å². The van der Waals surface area contributed by atoms with E-state index in [1.54, 1.807) is 0 Å². The number of aryl methyl sites for hydroxylation is 1. The second kappa shape index (κ2) is 23.6. The van der Waals surface area contributed by atoms with Gasteiger partial charge in [-0.1, -0.05) is 58.3 Å². The van der Waals surface area contributed by atoms with Crippen molar-refractivity contribution in [2.45, 2.75) is 186 Å². The molecule has 1 aliphatic heterocycles. The average molecular weight is 686 g/mol. The third-order valence-corrected chi connectivity index (χ3v) is 27.6. The summed E-state index contributed by atoms with van der Waals surface area (Å²) < 4.78 is 4.41. The number of nitrogens with zero attached hydrogens (tertiary/aromatic N) is 1. The van der Waals surface area contributed by atoms with E-state index in [0.717, 1.165) is 0 Å². The third-order valence-electron chi connectivity index (χ3n) is 10.0. The molecule has 0 bridgehead atoms. The van der Waals surface area contributed by atoms with Crippen molar-refractivity contribution in [3.63, 3.8) is 0 Å². The van der Waals surface area contributed by atoms with Crippen molar-refractivity contribution in [1.82, 2.24) is 10.3 Å². The zero-order valence-electron chi connectivity index (χ0n) is 28.7. The molecular weight excluding hydrogens is 615 g/mol. The summed E-state index contributed by atoms with van der Waals surface area (Å²) in [5.74, 6) is 0. The first-order valence-electron chi connectivity index (χ1n) is 18.8. The minimum absolute atomic E-state index is 0.00595. The number of hydrogen-bond acceptors (Lipinski definition) is 2. The topological polar surface area (TPSA) is 24.9 Å². The summed E-state index contributed by atoms with van der Waals surface area (Å²) in [7, 11) is 0. The number of dihydropyridines is 1. The molecule has 2 heterocycles. The molecule has 0 fully saturated rings. The van der Waals surface area contributed by atoms with Crippen LogP contribution in [0.4, 0.5) is 0 Å². The van der Waals surface area contributed by atoms with Gasteiger partial charge in [-0.3, -0.25) is 0 Å². The van der Waals surface area contributed by atoms with E-state index in [-0.39, 0.29) is 3.55 Å². The Balaban J connectivity index is 1.88. The van der Waals surface area contributed by atoms with Gasteiger partial charge >= 0.3 is 210 Å². The molecule has 0 aromatic carbocycles. The number of unbranched alkanes of at least 4 members (excludes halogenated alkanes) is 17. The summed E-state index contributed by atoms with van der Waals surface area (Å²) in [5, 5.41) is 4.03. The van der Waals surface area contributed by atoms with E-state index in [4.69, 9.17) is 4.98 Å². The van der Waals surface area contributed by atoms with Crippen LogP contribution in [-0.4, -0.2) is 23.4 Å². The van der Waals surface area contributed by atoms with Crippen LogP contribution in [0.3, 0.4) is 0 Å². The normalized spacial score (nSPS) is 16.7. The maximum atomic E-state index is 5.15. The fraction of sp³-hybridized carbons (Fsp3) is 0.769. The minimum atomic E-state index is -2.76. The summed E-state index contributed by atoms with van der Waals surface area (Å²) >= 11 is -2.76. The summed E-state index contributed by atoms with van der Waals surface area (Å²) in [6.07, 6.45) is 42.1. The number of pyridine rings is 1. The molecule has 2 nitrogen and oxygen atoms in total. The van der Waals surface area contributed by atoms with Gasteiger partial charge in [0.15, 0.2) is 0 Å². The van der Waals surface area contributed by atoms with Crippen molar-refractivity contribution < 1.29 is 0 Å². The van der Waals surface area contributed by atoms with E-state index in [1.807, 2.05) is 0 Å². The van der Waals surface area contributed by atoms with Crippen LogP contribution in [0, 0.1) is 0 Å². The number of nitrogens with one attached hydrogen (secondary N) is 1. The van der Waals surface area contributed by atoms with Gasteiger partial charge in [-0.05, 0) is 0 Å². The molecule has 42 heavy (non-hydrogen) atoms. The molecule has 0 spiro atoms. The van der Waals surface area contributed by atoms with Crippen molar-refractivity contribution in [1.29, 1.82) is 0 Å². The molecule has 1 aromatic rings. The van der Waals surface area contributed by atoms with E-state index in [1.165, 1.54) is 166 Å². The van der Waals surface area contributed by atoms with Gasteiger partial charge in [-0.25, -0.2) is 0 Å². The SMILES string of the molecule is CCCCCCCCCCCCCCCCCc1ccnc([C]2([Sn]([CH2]CCC)([CH2]CCC)[CH2]CCC)C=CC=CN2)c1. The molecule has 1 aliphatic rings. The van der Waals surface area contributed by atoms with E-state index < -0.39 is 18.4 Å². The molecule has 1 atom stereocenters. The van der Waals surface area contributed by atoms with Crippen LogP contribution in [0.5, 0.6) is 0 Å². The van der Waals surface area contributed by atoms with Gasteiger partial charge in [0.1, 0.15) is 0 Å². The van der Waals surface area contributed by atoms with Gasteiger partial charge in [0.2, 0.25) is 0 Å². The zero-order chi connectivity index (χ0) is 30.2. The van der Waals surface area contributed by atoms with Gasteiger partial charge in [0.05, 0.1) is 0 Å². The first-order chi connectivity index (χ1) is 20.7. The standard InChI is InChI=1S/C27H43N2.3C4H9.Sn/c1-2-3-4-5-6-7-8-9-10-11-12-13-14-15-16-19-25-21-23-29-27(24-25)26-20-17-18-22-28-26;3*1-3-4-2;/h17-18,20-24,28H,2-16,19H2,1H3;3*1,3-4H2,2H3;. The van der Waals surface area contributed by atoms with E-state index >= 15 is 0 Å². The summed E-state index contributed by atoms with van der Waals surface area (Å²) in [4.78, 5) is 5.15. The zero-order valence-corrected chi connectivity index (χ0v) is 31.5. The number of hydrogen-bond donors (Lipinski definition) is 1. The predicted molar refractivity (Wildman–Crippen MR) is 191 cm³/mol. The molecular formula is C39H70N2Sn. The first kappa shape index (κ1) is 37.4. The Morgan fingerprint density at radius 1 is 0.595 bits per heavy atom. The Bertz CT molecular complexity index is 825. The first-order valence-corrected chi connectivity index (χ1v) is 26.2. The Kier molecular flexibility index (Phi) is 21.0. The number of aromatic nitrogens is 1. The van der Waals surface area contributed by atoms with Crippen molar-refractivity contribution >= 4 is 18.4 Å². The molecule has 0 saturated heterocycles. The Hall–Kier alpha value is -0.771. The average Bonchev–Trinajstić information content (AvgIpc) is 3.03. The van der Waals surface area contributed by atoms with Gasteiger partial charge in [0, 0.05) is 0 Å². The molecule has 0 aliphatic carbocycles. The Morgan fingerprint density at radius 2 is 1.07 bits per heavy atom.